The Balaban J connectivity index is 2.02. The number of carbonyl (C=O) groups is 1. The molecule has 1 amide bonds. The van der Waals surface area contributed by atoms with Crippen molar-refractivity contribution in [2.24, 2.45) is 0 Å². The SMILES string of the molecule is CCN(CC)C(CNC(=O)C(O)c1ccccc1)c1ccco1. The molecule has 124 valence electrons. The Morgan fingerprint density at radius 1 is 1.17 bits per heavy atom. The number of amides is 1. The Bertz CT molecular complexity index is 580. The lowest BCUT2D eigenvalue weighted by Crippen LogP contribution is -2.39. The molecule has 0 aliphatic rings. The predicted octanol–water partition coefficient (Wildman–Crippen LogP) is 2.51. The minimum absolute atomic E-state index is 0.0491. The number of likely N-dealkylation sites (N-methyl/N-ethyl adjacent to an activating group) is 1. The van der Waals surface area contributed by atoms with Gasteiger partial charge in [-0.2, -0.15) is 0 Å². The zero-order valence-electron chi connectivity index (χ0n) is 13.6. The van der Waals surface area contributed by atoms with Crippen LogP contribution < -0.4 is 5.32 Å². The molecular formula is C18H24N2O3. The van der Waals surface area contributed by atoms with E-state index in [0.717, 1.165) is 18.8 Å². The van der Waals surface area contributed by atoms with Crippen LogP contribution in [0.4, 0.5) is 0 Å². The zero-order chi connectivity index (χ0) is 16.7. The molecular weight excluding hydrogens is 292 g/mol. The molecule has 2 aromatic rings. The van der Waals surface area contributed by atoms with Gasteiger partial charge >= 0.3 is 0 Å². The third-order valence-corrected chi connectivity index (χ3v) is 3.96. The first kappa shape index (κ1) is 17.2. The molecule has 2 N–H and O–H groups in total. The fourth-order valence-electron chi connectivity index (χ4n) is 2.64. The number of nitrogens with zero attached hydrogens (tertiary/aromatic N) is 1. The third-order valence-electron chi connectivity index (χ3n) is 3.96. The Hall–Kier alpha value is -2.11. The van der Waals surface area contributed by atoms with Crippen LogP contribution in [0, 0.1) is 0 Å². The fraction of sp³-hybridized carbons (Fsp3) is 0.389. The highest BCUT2D eigenvalue weighted by Crippen LogP contribution is 2.20. The maximum Gasteiger partial charge on any atom is 0.253 e. The number of aliphatic hydroxyl groups is 1. The Morgan fingerprint density at radius 2 is 1.87 bits per heavy atom. The van der Waals surface area contributed by atoms with Gasteiger partial charge in [0.15, 0.2) is 6.10 Å². The summed E-state index contributed by atoms with van der Waals surface area (Å²) < 4.78 is 5.50. The van der Waals surface area contributed by atoms with Crippen molar-refractivity contribution < 1.29 is 14.3 Å². The van der Waals surface area contributed by atoms with E-state index in [1.807, 2.05) is 18.2 Å². The van der Waals surface area contributed by atoms with Gasteiger partial charge in [0.1, 0.15) is 5.76 Å². The van der Waals surface area contributed by atoms with Gasteiger partial charge in [-0.1, -0.05) is 44.2 Å². The normalized spacial score (nSPS) is 13.7. The maximum atomic E-state index is 12.2. The summed E-state index contributed by atoms with van der Waals surface area (Å²) >= 11 is 0. The maximum absolute atomic E-state index is 12.2. The van der Waals surface area contributed by atoms with E-state index >= 15 is 0 Å². The van der Waals surface area contributed by atoms with Crippen molar-refractivity contribution in [2.45, 2.75) is 26.0 Å². The summed E-state index contributed by atoms with van der Waals surface area (Å²) in [6.07, 6.45) is 0.470. The monoisotopic (exact) mass is 316 g/mol. The first-order valence-electron chi connectivity index (χ1n) is 7.95. The highest BCUT2D eigenvalue weighted by atomic mass is 16.3. The summed E-state index contributed by atoms with van der Waals surface area (Å²) in [4.78, 5) is 14.4. The van der Waals surface area contributed by atoms with E-state index in [1.54, 1.807) is 30.5 Å². The topological polar surface area (TPSA) is 65.7 Å². The second-order valence-corrected chi connectivity index (χ2v) is 5.31. The van der Waals surface area contributed by atoms with Crippen LogP contribution in [0.15, 0.2) is 53.1 Å². The number of hydrogen-bond acceptors (Lipinski definition) is 4. The van der Waals surface area contributed by atoms with Gasteiger partial charge in [0, 0.05) is 6.54 Å². The van der Waals surface area contributed by atoms with Gasteiger partial charge in [-0.3, -0.25) is 9.69 Å². The minimum atomic E-state index is -1.16. The van der Waals surface area contributed by atoms with Gasteiger partial charge in [0.2, 0.25) is 0 Å². The van der Waals surface area contributed by atoms with Crippen LogP contribution in [0.5, 0.6) is 0 Å². The highest BCUT2D eigenvalue weighted by molar-refractivity contribution is 5.81. The summed E-state index contributed by atoms with van der Waals surface area (Å²) in [6, 6.07) is 12.6. The average Bonchev–Trinajstić information content (AvgIpc) is 3.12. The second-order valence-electron chi connectivity index (χ2n) is 5.31. The average molecular weight is 316 g/mol. The van der Waals surface area contributed by atoms with Crippen LogP contribution in [-0.4, -0.2) is 35.5 Å². The van der Waals surface area contributed by atoms with Gasteiger partial charge in [-0.05, 0) is 30.8 Å². The van der Waals surface area contributed by atoms with E-state index in [0.29, 0.717) is 12.1 Å². The number of hydrogen-bond donors (Lipinski definition) is 2. The van der Waals surface area contributed by atoms with E-state index in [4.69, 9.17) is 4.42 Å². The molecule has 2 unspecified atom stereocenters. The van der Waals surface area contributed by atoms with Gasteiger partial charge in [-0.25, -0.2) is 0 Å². The number of aliphatic hydroxyl groups excluding tert-OH is 1. The molecule has 1 aromatic carbocycles. The molecule has 1 heterocycles. The Kier molecular flexibility index (Phi) is 6.38. The number of carbonyl (C=O) groups excluding carboxylic acids is 1. The summed E-state index contributed by atoms with van der Waals surface area (Å²) in [5, 5.41) is 13.0. The van der Waals surface area contributed by atoms with Crippen LogP contribution >= 0.6 is 0 Å². The summed E-state index contributed by atoms with van der Waals surface area (Å²) in [7, 11) is 0. The zero-order valence-corrected chi connectivity index (χ0v) is 13.6. The molecule has 5 nitrogen and oxygen atoms in total. The molecule has 0 aliphatic carbocycles. The number of benzene rings is 1. The number of furan rings is 1. The quantitative estimate of drug-likeness (QED) is 0.785. The minimum Gasteiger partial charge on any atom is -0.468 e. The van der Waals surface area contributed by atoms with Gasteiger partial charge in [0.05, 0.1) is 12.3 Å². The molecule has 0 saturated heterocycles. The smallest absolute Gasteiger partial charge is 0.253 e. The molecule has 0 aliphatic heterocycles. The molecule has 0 radical (unpaired) electrons. The largest absolute Gasteiger partial charge is 0.468 e. The second kappa shape index (κ2) is 8.50. The molecule has 0 spiro atoms. The molecule has 5 heteroatoms. The van der Waals surface area contributed by atoms with E-state index in [9.17, 15) is 9.90 Å². The first-order valence-corrected chi connectivity index (χ1v) is 7.95. The van der Waals surface area contributed by atoms with Gasteiger partial charge in [0.25, 0.3) is 5.91 Å². The van der Waals surface area contributed by atoms with Crippen molar-refractivity contribution in [3.63, 3.8) is 0 Å². The van der Waals surface area contributed by atoms with Crippen molar-refractivity contribution in [3.05, 3.63) is 60.1 Å². The first-order chi connectivity index (χ1) is 11.2. The highest BCUT2D eigenvalue weighted by Gasteiger charge is 2.23. The lowest BCUT2D eigenvalue weighted by molar-refractivity contribution is -0.129. The van der Waals surface area contributed by atoms with Crippen LogP contribution in [-0.2, 0) is 4.79 Å². The third kappa shape index (κ3) is 4.43. The molecule has 23 heavy (non-hydrogen) atoms. The van der Waals surface area contributed by atoms with Crippen LogP contribution in [0.3, 0.4) is 0 Å². The van der Waals surface area contributed by atoms with E-state index in [-0.39, 0.29) is 6.04 Å². The van der Waals surface area contributed by atoms with Crippen molar-refractivity contribution in [2.75, 3.05) is 19.6 Å². The molecule has 0 fully saturated rings. The van der Waals surface area contributed by atoms with Crippen molar-refractivity contribution >= 4 is 5.91 Å². The van der Waals surface area contributed by atoms with Gasteiger partial charge < -0.3 is 14.8 Å². The van der Waals surface area contributed by atoms with Crippen LogP contribution in [0.2, 0.25) is 0 Å². The molecule has 2 atom stereocenters. The Labute approximate surface area is 136 Å². The van der Waals surface area contributed by atoms with E-state index in [1.165, 1.54) is 0 Å². The lowest BCUT2D eigenvalue weighted by Gasteiger charge is -2.28. The molecule has 2 rings (SSSR count). The van der Waals surface area contributed by atoms with E-state index < -0.39 is 12.0 Å². The number of nitrogens with one attached hydrogen (secondary N) is 1. The van der Waals surface area contributed by atoms with Gasteiger partial charge in [-0.15, -0.1) is 0 Å². The number of rotatable bonds is 8. The standard InChI is InChI=1S/C18H24N2O3/c1-3-20(4-2)15(16-11-8-12-23-16)13-19-18(22)17(21)14-9-6-5-7-10-14/h5-12,15,17,21H,3-4,13H2,1-2H3,(H,19,22). The lowest BCUT2D eigenvalue weighted by atomic mass is 10.1. The summed E-state index contributed by atoms with van der Waals surface area (Å²) in [5.74, 6) is 0.406. The molecule has 0 saturated carbocycles. The fourth-order valence-corrected chi connectivity index (χ4v) is 2.64. The van der Waals surface area contributed by atoms with Crippen molar-refractivity contribution in [1.29, 1.82) is 0 Å². The van der Waals surface area contributed by atoms with E-state index in [2.05, 4.69) is 24.1 Å². The van der Waals surface area contributed by atoms with Crippen LogP contribution in [0.1, 0.15) is 37.3 Å². The summed E-state index contributed by atoms with van der Waals surface area (Å²) in [5.41, 5.74) is 0.586. The summed E-state index contributed by atoms with van der Waals surface area (Å²) in [6.45, 7) is 6.22. The van der Waals surface area contributed by atoms with Crippen molar-refractivity contribution in [3.8, 4) is 0 Å². The Morgan fingerprint density at radius 3 is 2.43 bits per heavy atom. The predicted molar refractivity (Wildman–Crippen MR) is 88.8 cm³/mol. The van der Waals surface area contributed by atoms with Crippen molar-refractivity contribution in [1.82, 2.24) is 10.2 Å². The molecule has 0 bridgehead atoms. The molecule has 1 aromatic heterocycles. The van der Waals surface area contributed by atoms with Crippen LogP contribution in [0.25, 0.3) is 0 Å².